The molecule has 1 saturated heterocycles. The summed E-state index contributed by atoms with van der Waals surface area (Å²) in [4.78, 5) is 69.5. The Hall–Kier alpha value is -4.13. The summed E-state index contributed by atoms with van der Waals surface area (Å²) in [6.45, 7) is 6.36. The number of likely N-dealkylation sites (tertiary alicyclic amines) is 1. The van der Waals surface area contributed by atoms with Crippen molar-refractivity contribution in [2.75, 3.05) is 47.3 Å². The van der Waals surface area contributed by atoms with Crippen LogP contribution in [0.1, 0.15) is 102 Å². The van der Waals surface area contributed by atoms with Crippen molar-refractivity contribution in [2.24, 2.45) is 11.8 Å². The number of aliphatic hydroxyl groups is 1. The standard InChI is InChI=1S/C42H68N8O5/c1-31(2)20-21-38(51)35(26-32-16-10-8-11-17-32)45-39(52)37(28-34-29-43-30-44-34)49(5)40(53)36(27-33-18-12-9-13-19-33)46-41(54)47(3)24-25-48(4)42(55)50-22-14-6-7-15-23-50/h9,12-13,18-19,29-32,35-38,51H,6-8,10-11,14-17,20-28H2,1-5H3,(H,43,44)(H,45,52)(H,46,54)/t35-,36-,37-,38-/m0/s1. The Balaban J connectivity index is 1.50. The van der Waals surface area contributed by atoms with Crippen LogP contribution in [0.5, 0.6) is 0 Å². The Kier molecular flexibility index (Phi) is 17.8. The number of hydrogen-bond acceptors (Lipinski definition) is 6. The van der Waals surface area contributed by atoms with Gasteiger partial charge in [-0.15, -0.1) is 0 Å². The highest BCUT2D eigenvalue weighted by Crippen LogP contribution is 2.29. The van der Waals surface area contributed by atoms with Crippen molar-refractivity contribution in [1.29, 1.82) is 0 Å². The van der Waals surface area contributed by atoms with Crippen LogP contribution >= 0.6 is 0 Å². The number of aromatic amines is 1. The Bertz CT molecular complexity index is 1440. The second-order valence-electron chi connectivity index (χ2n) is 16.3. The van der Waals surface area contributed by atoms with Crippen LogP contribution in [0.2, 0.25) is 0 Å². The molecule has 4 N–H and O–H groups in total. The van der Waals surface area contributed by atoms with Gasteiger partial charge >= 0.3 is 12.1 Å². The van der Waals surface area contributed by atoms with E-state index in [4.69, 9.17) is 0 Å². The third kappa shape index (κ3) is 14.1. The van der Waals surface area contributed by atoms with E-state index in [0.29, 0.717) is 36.9 Å². The summed E-state index contributed by atoms with van der Waals surface area (Å²) >= 11 is 0. The van der Waals surface area contributed by atoms with E-state index < -0.39 is 36.2 Å². The van der Waals surface area contributed by atoms with Crippen LogP contribution in [0, 0.1) is 11.8 Å². The molecule has 2 aromatic rings. The number of aromatic nitrogens is 2. The van der Waals surface area contributed by atoms with E-state index in [1.165, 1.54) is 16.2 Å². The van der Waals surface area contributed by atoms with Gasteiger partial charge in [0, 0.05) is 66.4 Å². The second-order valence-corrected chi connectivity index (χ2v) is 16.3. The van der Waals surface area contributed by atoms with E-state index in [2.05, 4.69) is 34.4 Å². The smallest absolute Gasteiger partial charge is 0.319 e. The van der Waals surface area contributed by atoms with Gasteiger partial charge in [-0.25, -0.2) is 14.6 Å². The molecule has 2 aliphatic rings. The van der Waals surface area contributed by atoms with Crippen molar-refractivity contribution in [2.45, 2.75) is 128 Å². The highest BCUT2D eigenvalue weighted by molar-refractivity contribution is 5.92. The number of carbonyl (C=O) groups is 4. The Labute approximate surface area is 329 Å². The lowest BCUT2D eigenvalue weighted by Crippen LogP contribution is -2.58. The van der Waals surface area contributed by atoms with Crippen molar-refractivity contribution >= 4 is 23.9 Å². The Morgan fingerprint density at radius 1 is 0.873 bits per heavy atom. The third-order valence-electron chi connectivity index (χ3n) is 11.4. The fraction of sp³-hybridized carbons (Fsp3) is 0.690. The lowest BCUT2D eigenvalue weighted by molar-refractivity contribution is -0.141. The molecule has 0 bridgehead atoms. The van der Waals surface area contributed by atoms with Crippen LogP contribution in [0.25, 0.3) is 0 Å². The normalized spacial score (nSPS) is 17.4. The largest absolute Gasteiger partial charge is 0.391 e. The van der Waals surface area contributed by atoms with Crippen molar-refractivity contribution in [1.82, 2.24) is 40.2 Å². The molecule has 4 rings (SSSR count). The minimum Gasteiger partial charge on any atom is -0.391 e. The number of amides is 6. The van der Waals surface area contributed by atoms with E-state index in [0.717, 1.165) is 76.4 Å². The maximum absolute atomic E-state index is 14.5. The molecule has 2 heterocycles. The van der Waals surface area contributed by atoms with Crippen LogP contribution in [-0.2, 0) is 22.4 Å². The first-order valence-corrected chi connectivity index (χ1v) is 20.7. The second kappa shape index (κ2) is 22.4. The molecule has 1 aliphatic heterocycles. The highest BCUT2D eigenvalue weighted by atomic mass is 16.3. The average Bonchev–Trinajstić information content (AvgIpc) is 3.56. The highest BCUT2D eigenvalue weighted by Gasteiger charge is 2.36. The zero-order chi connectivity index (χ0) is 39.7. The molecule has 1 saturated carbocycles. The third-order valence-corrected chi connectivity index (χ3v) is 11.4. The van der Waals surface area contributed by atoms with Crippen molar-refractivity contribution < 1.29 is 24.3 Å². The fourth-order valence-corrected chi connectivity index (χ4v) is 7.79. The van der Waals surface area contributed by atoms with Gasteiger partial charge in [0.15, 0.2) is 0 Å². The molecule has 1 aromatic heterocycles. The predicted molar refractivity (Wildman–Crippen MR) is 215 cm³/mol. The van der Waals surface area contributed by atoms with E-state index in [9.17, 15) is 24.3 Å². The first kappa shape index (κ1) is 43.6. The van der Waals surface area contributed by atoms with Gasteiger partial charge in [-0.2, -0.15) is 0 Å². The minimum atomic E-state index is -0.983. The lowest BCUT2D eigenvalue weighted by Gasteiger charge is -2.35. The van der Waals surface area contributed by atoms with Gasteiger partial charge in [0.05, 0.1) is 24.2 Å². The van der Waals surface area contributed by atoms with Crippen LogP contribution in [0.4, 0.5) is 9.59 Å². The van der Waals surface area contributed by atoms with Gasteiger partial charge in [-0.05, 0) is 49.5 Å². The number of nitrogens with zero attached hydrogens (tertiary/aromatic N) is 5. The van der Waals surface area contributed by atoms with Gasteiger partial charge in [-0.1, -0.05) is 89.1 Å². The van der Waals surface area contributed by atoms with E-state index in [1.807, 2.05) is 35.2 Å². The Morgan fingerprint density at radius 2 is 1.53 bits per heavy atom. The first-order valence-electron chi connectivity index (χ1n) is 20.7. The van der Waals surface area contributed by atoms with Gasteiger partial charge in [-0.3, -0.25) is 9.59 Å². The number of nitrogens with one attached hydrogen (secondary N) is 3. The molecule has 306 valence electrons. The zero-order valence-electron chi connectivity index (χ0n) is 34.0. The monoisotopic (exact) mass is 765 g/mol. The number of imidazole rings is 1. The summed E-state index contributed by atoms with van der Waals surface area (Å²) in [5.41, 5.74) is 1.47. The minimum absolute atomic E-state index is 0.0379. The van der Waals surface area contributed by atoms with Crippen LogP contribution < -0.4 is 10.6 Å². The van der Waals surface area contributed by atoms with Crippen LogP contribution in [0.15, 0.2) is 42.9 Å². The zero-order valence-corrected chi connectivity index (χ0v) is 34.0. The van der Waals surface area contributed by atoms with Crippen LogP contribution in [-0.4, -0.2) is 130 Å². The number of urea groups is 2. The van der Waals surface area contributed by atoms with Gasteiger partial charge < -0.3 is 40.3 Å². The predicted octanol–water partition coefficient (Wildman–Crippen LogP) is 5.21. The molecule has 0 spiro atoms. The first-order chi connectivity index (χ1) is 26.4. The quantitative estimate of drug-likeness (QED) is 0.164. The molecule has 1 aromatic carbocycles. The summed E-state index contributed by atoms with van der Waals surface area (Å²) in [5.74, 6) is 0.0630. The van der Waals surface area contributed by atoms with E-state index in [-0.39, 0.29) is 31.3 Å². The molecule has 13 heteroatoms. The van der Waals surface area contributed by atoms with E-state index >= 15 is 0 Å². The summed E-state index contributed by atoms with van der Waals surface area (Å²) in [7, 11) is 5.00. The number of rotatable bonds is 18. The molecule has 55 heavy (non-hydrogen) atoms. The molecule has 13 nitrogen and oxygen atoms in total. The summed E-state index contributed by atoms with van der Waals surface area (Å²) < 4.78 is 0. The fourth-order valence-electron chi connectivity index (χ4n) is 7.79. The maximum Gasteiger partial charge on any atom is 0.319 e. The SMILES string of the molecule is CC(C)CC[C@H](O)[C@H](CC1CCCCC1)NC(=O)[C@H](Cc1c[nH]cn1)N(C)C(=O)[C@H](Cc1ccccc1)NC(=O)N(C)CCN(C)C(=O)N1CCCCCC1. The number of hydrogen-bond donors (Lipinski definition) is 4. The number of H-pyrrole nitrogens is 1. The maximum atomic E-state index is 14.5. The van der Waals surface area contributed by atoms with Gasteiger partial charge in [0.1, 0.15) is 12.1 Å². The number of aliphatic hydroxyl groups excluding tert-OH is 1. The summed E-state index contributed by atoms with van der Waals surface area (Å²) in [6.07, 6.45) is 15.0. The van der Waals surface area contributed by atoms with Gasteiger partial charge in [0.2, 0.25) is 11.8 Å². The molecule has 1 aliphatic carbocycles. The molecule has 6 amide bonds. The molecular formula is C42H68N8O5. The molecule has 4 atom stereocenters. The average molecular weight is 765 g/mol. The number of benzene rings is 1. The topological polar surface area (TPSA) is 154 Å². The number of carbonyl (C=O) groups excluding carboxylic acids is 4. The van der Waals surface area contributed by atoms with Crippen molar-refractivity contribution in [3.8, 4) is 0 Å². The molecule has 2 fully saturated rings. The number of likely N-dealkylation sites (N-methyl/N-ethyl adjacent to an activating group) is 3. The molecule has 0 unspecified atom stereocenters. The van der Waals surface area contributed by atoms with Crippen LogP contribution in [0.3, 0.4) is 0 Å². The Morgan fingerprint density at radius 3 is 2.16 bits per heavy atom. The molecule has 0 radical (unpaired) electrons. The lowest BCUT2D eigenvalue weighted by atomic mass is 9.83. The summed E-state index contributed by atoms with van der Waals surface area (Å²) in [5, 5.41) is 17.6. The van der Waals surface area contributed by atoms with E-state index in [1.54, 1.807) is 38.6 Å². The summed E-state index contributed by atoms with van der Waals surface area (Å²) in [6, 6.07) is 6.60. The van der Waals surface area contributed by atoms with Crippen molar-refractivity contribution in [3.05, 3.63) is 54.1 Å². The molecular weight excluding hydrogens is 697 g/mol. The van der Waals surface area contributed by atoms with Crippen molar-refractivity contribution in [3.63, 3.8) is 0 Å². The van der Waals surface area contributed by atoms with Gasteiger partial charge in [0.25, 0.3) is 0 Å².